The molecule has 4 N–H and O–H groups in total. The van der Waals surface area contributed by atoms with Gasteiger partial charge in [-0.2, -0.15) is 0 Å². The van der Waals surface area contributed by atoms with Crippen molar-refractivity contribution >= 4 is 61.5 Å². The highest BCUT2D eigenvalue weighted by atomic mass is 79.9. The predicted octanol–water partition coefficient (Wildman–Crippen LogP) is 4.39. The topological polar surface area (TPSA) is 102 Å². The van der Waals surface area contributed by atoms with Crippen LogP contribution < -0.4 is 21.1 Å². The third kappa shape index (κ3) is 4.64. The molecule has 1 amide bonds. The molecule has 150 valence electrons. The molecular weight excluding hydrogens is 465 g/mol. The summed E-state index contributed by atoms with van der Waals surface area (Å²) in [4.78, 5) is 20.2. The molecule has 1 aromatic heterocycles. The minimum atomic E-state index is -0.629. The van der Waals surface area contributed by atoms with E-state index < -0.39 is 11.7 Å². The third-order valence-electron chi connectivity index (χ3n) is 3.84. The molecule has 0 radical (unpaired) electrons. The maximum atomic E-state index is 14.5. The molecule has 0 bridgehead atoms. The first kappa shape index (κ1) is 21.0. The quantitative estimate of drug-likeness (QED) is 0.342. The second-order valence-electron chi connectivity index (χ2n) is 5.77. The minimum absolute atomic E-state index is 0.0511. The molecule has 0 atom stereocenters. The number of rotatable bonds is 7. The molecule has 0 aliphatic carbocycles. The van der Waals surface area contributed by atoms with E-state index in [1.807, 2.05) is 0 Å². The number of fused-ring (bicyclic) bond motifs is 1. The summed E-state index contributed by atoms with van der Waals surface area (Å²) >= 11 is 9.13. The fraction of sp³-hybridized carbons (Fsp3) is 0.105. The van der Waals surface area contributed by atoms with E-state index in [2.05, 4.69) is 43.1 Å². The molecule has 0 spiro atoms. The Hall–Kier alpha value is -2.75. The number of carbonyl (C=O) groups is 1. The van der Waals surface area contributed by atoms with Gasteiger partial charge in [0.1, 0.15) is 24.5 Å². The molecule has 0 aliphatic rings. The van der Waals surface area contributed by atoms with Crippen LogP contribution in [-0.2, 0) is 4.79 Å². The Kier molecular flexibility index (Phi) is 6.63. The van der Waals surface area contributed by atoms with Crippen LogP contribution in [0.1, 0.15) is 0 Å². The van der Waals surface area contributed by atoms with Crippen LogP contribution in [0.5, 0.6) is 5.75 Å². The van der Waals surface area contributed by atoms with Gasteiger partial charge in [-0.15, -0.1) is 0 Å². The molecule has 0 aliphatic heterocycles. The molecule has 3 aromatic rings. The number of carbonyl (C=O) groups excluding carboxylic acids is 1. The lowest BCUT2D eigenvalue weighted by molar-refractivity contribution is -0.111. The first-order chi connectivity index (χ1) is 13.9. The number of nitrogens with two attached hydrogens (primary N) is 1. The monoisotopic (exact) mass is 479 g/mol. The van der Waals surface area contributed by atoms with E-state index in [9.17, 15) is 9.18 Å². The summed E-state index contributed by atoms with van der Waals surface area (Å²) in [5.41, 5.74) is 6.54. The Bertz CT molecular complexity index is 1100. The Balaban J connectivity index is 2.09. The van der Waals surface area contributed by atoms with Crippen LogP contribution in [0.4, 0.5) is 21.6 Å². The number of ether oxygens (including phenoxy) is 1. The number of anilines is 3. The minimum Gasteiger partial charge on any atom is -0.490 e. The molecule has 2 aromatic carbocycles. The van der Waals surface area contributed by atoms with Gasteiger partial charge < -0.3 is 21.1 Å². The highest BCUT2D eigenvalue weighted by Gasteiger charge is 2.15. The van der Waals surface area contributed by atoms with Crippen LogP contribution in [0.15, 0.2) is 47.7 Å². The summed E-state index contributed by atoms with van der Waals surface area (Å²) in [5.74, 6) is -0.331. The molecule has 0 saturated heterocycles. The average Bonchev–Trinajstić information content (AvgIpc) is 2.72. The van der Waals surface area contributed by atoms with Gasteiger partial charge in [0.25, 0.3) is 0 Å². The summed E-state index contributed by atoms with van der Waals surface area (Å²) in [6.45, 7) is 3.99. The van der Waals surface area contributed by atoms with Crippen molar-refractivity contribution in [2.45, 2.75) is 0 Å². The summed E-state index contributed by atoms with van der Waals surface area (Å²) in [6.07, 6.45) is 2.47. The number of halogens is 3. The Morgan fingerprint density at radius 3 is 2.86 bits per heavy atom. The molecule has 7 nitrogen and oxygen atoms in total. The average molecular weight is 481 g/mol. The number of amides is 1. The highest BCUT2D eigenvalue weighted by molar-refractivity contribution is 9.10. The second-order valence-corrected chi connectivity index (χ2v) is 7.00. The number of aromatic nitrogens is 2. The number of hydrogen-bond acceptors (Lipinski definition) is 6. The molecule has 10 heteroatoms. The van der Waals surface area contributed by atoms with E-state index in [1.54, 1.807) is 18.2 Å². The number of benzene rings is 2. The fourth-order valence-electron chi connectivity index (χ4n) is 2.50. The van der Waals surface area contributed by atoms with E-state index in [-0.39, 0.29) is 17.3 Å². The van der Waals surface area contributed by atoms with Crippen LogP contribution in [0.3, 0.4) is 0 Å². The Morgan fingerprint density at radius 2 is 2.14 bits per heavy atom. The largest absolute Gasteiger partial charge is 0.490 e. The Labute approximate surface area is 179 Å². The fourth-order valence-corrected chi connectivity index (χ4v) is 2.97. The van der Waals surface area contributed by atoms with Crippen molar-refractivity contribution < 1.29 is 13.9 Å². The molecular formula is C19H16BrClFN5O2. The first-order valence-corrected chi connectivity index (χ1v) is 9.57. The zero-order chi connectivity index (χ0) is 21.0. The van der Waals surface area contributed by atoms with E-state index >= 15 is 0 Å². The van der Waals surface area contributed by atoms with Gasteiger partial charge in [0.15, 0.2) is 5.82 Å². The van der Waals surface area contributed by atoms with Crippen LogP contribution in [0.25, 0.3) is 10.9 Å². The standard InChI is InChI=1S/C19H16BrClFN5O2/c1-2-16(28)26-14-7-10-13(8-15(14)29-6-5-23)24-9-25-19(10)27-12-4-3-11(20)17(21)18(12)22/h2-4,7-9H,1,5-6,23H2,(H,26,28)(H,24,25,27). The zero-order valence-corrected chi connectivity index (χ0v) is 17.3. The normalized spacial score (nSPS) is 10.6. The smallest absolute Gasteiger partial charge is 0.247 e. The van der Waals surface area contributed by atoms with Gasteiger partial charge in [-0.3, -0.25) is 4.79 Å². The SMILES string of the molecule is C=CC(=O)Nc1cc2c(Nc3ccc(Br)c(Cl)c3F)ncnc2cc1OCCN. The maximum absolute atomic E-state index is 14.5. The summed E-state index contributed by atoms with van der Waals surface area (Å²) in [7, 11) is 0. The zero-order valence-electron chi connectivity index (χ0n) is 15.0. The van der Waals surface area contributed by atoms with Crippen molar-refractivity contribution in [2.24, 2.45) is 5.73 Å². The lowest BCUT2D eigenvalue weighted by atomic mass is 10.1. The van der Waals surface area contributed by atoms with Crippen molar-refractivity contribution in [1.29, 1.82) is 0 Å². The molecule has 1 heterocycles. The predicted molar refractivity (Wildman–Crippen MR) is 115 cm³/mol. The van der Waals surface area contributed by atoms with Crippen LogP contribution >= 0.6 is 27.5 Å². The second kappa shape index (κ2) is 9.17. The summed E-state index contributed by atoms with van der Waals surface area (Å²) < 4.78 is 20.5. The van der Waals surface area contributed by atoms with Crippen LogP contribution in [-0.4, -0.2) is 29.0 Å². The lowest BCUT2D eigenvalue weighted by Crippen LogP contribution is -2.13. The van der Waals surface area contributed by atoms with E-state index in [0.29, 0.717) is 39.2 Å². The first-order valence-electron chi connectivity index (χ1n) is 8.40. The van der Waals surface area contributed by atoms with E-state index in [4.69, 9.17) is 22.1 Å². The van der Waals surface area contributed by atoms with Gasteiger partial charge in [-0.1, -0.05) is 18.2 Å². The maximum Gasteiger partial charge on any atom is 0.247 e. The molecule has 3 rings (SSSR count). The highest BCUT2D eigenvalue weighted by Crippen LogP contribution is 2.35. The van der Waals surface area contributed by atoms with Crippen LogP contribution in [0, 0.1) is 5.82 Å². The van der Waals surface area contributed by atoms with Crippen molar-refractivity contribution in [2.75, 3.05) is 23.8 Å². The number of hydrogen-bond donors (Lipinski definition) is 3. The number of nitrogens with zero attached hydrogens (tertiary/aromatic N) is 2. The summed E-state index contributed by atoms with van der Waals surface area (Å²) in [5, 5.41) is 6.07. The van der Waals surface area contributed by atoms with Gasteiger partial charge in [0.05, 0.1) is 21.9 Å². The van der Waals surface area contributed by atoms with Crippen molar-refractivity contribution in [3.8, 4) is 5.75 Å². The third-order valence-corrected chi connectivity index (χ3v) is 5.10. The molecule has 0 saturated carbocycles. The van der Waals surface area contributed by atoms with Crippen molar-refractivity contribution in [3.05, 3.63) is 58.6 Å². The van der Waals surface area contributed by atoms with Crippen molar-refractivity contribution in [1.82, 2.24) is 9.97 Å². The van der Waals surface area contributed by atoms with Crippen LogP contribution in [0.2, 0.25) is 5.02 Å². The van der Waals surface area contributed by atoms with E-state index in [1.165, 1.54) is 12.4 Å². The van der Waals surface area contributed by atoms with E-state index in [0.717, 1.165) is 6.08 Å². The van der Waals surface area contributed by atoms with Crippen molar-refractivity contribution in [3.63, 3.8) is 0 Å². The number of nitrogens with one attached hydrogen (secondary N) is 2. The van der Waals surface area contributed by atoms with Gasteiger partial charge in [-0.25, -0.2) is 14.4 Å². The molecule has 0 fully saturated rings. The Morgan fingerprint density at radius 1 is 1.34 bits per heavy atom. The lowest BCUT2D eigenvalue weighted by Gasteiger charge is -2.15. The van der Waals surface area contributed by atoms with Gasteiger partial charge >= 0.3 is 0 Å². The molecule has 0 unspecified atom stereocenters. The summed E-state index contributed by atoms with van der Waals surface area (Å²) in [6, 6.07) is 6.41. The van der Waals surface area contributed by atoms with Gasteiger partial charge in [0.2, 0.25) is 5.91 Å². The van der Waals surface area contributed by atoms with Gasteiger partial charge in [0, 0.05) is 22.5 Å². The van der Waals surface area contributed by atoms with Gasteiger partial charge in [-0.05, 0) is 40.2 Å². The molecule has 29 heavy (non-hydrogen) atoms.